The molecule has 1 aromatic carbocycles. The fraction of sp³-hybridized carbons (Fsp3) is 0.308. The van der Waals surface area contributed by atoms with Gasteiger partial charge in [0.25, 0.3) is 0 Å². The fourth-order valence-electron chi connectivity index (χ4n) is 2.37. The Morgan fingerprint density at radius 2 is 2.25 bits per heavy atom. The van der Waals surface area contributed by atoms with Gasteiger partial charge in [0.2, 0.25) is 0 Å². The topological polar surface area (TPSA) is 43.8 Å². The smallest absolute Gasteiger partial charge is 0.0652 e. The lowest BCUT2D eigenvalue weighted by Gasteiger charge is -2.07. The van der Waals surface area contributed by atoms with Crippen LogP contribution in [0.3, 0.4) is 0 Å². The quantitative estimate of drug-likeness (QED) is 0.827. The zero-order chi connectivity index (χ0) is 11.0. The van der Waals surface area contributed by atoms with E-state index in [0.29, 0.717) is 6.54 Å². The average molecular weight is 213 g/mol. The Morgan fingerprint density at radius 1 is 1.31 bits per heavy atom. The summed E-state index contributed by atoms with van der Waals surface area (Å²) in [5.74, 6) is 0. The molecule has 0 bridgehead atoms. The second-order valence-electron chi connectivity index (χ2n) is 4.26. The van der Waals surface area contributed by atoms with E-state index in [9.17, 15) is 0 Å². The van der Waals surface area contributed by atoms with Crippen molar-refractivity contribution in [3.05, 3.63) is 47.3 Å². The lowest BCUT2D eigenvalue weighted by molar-refractivity contribution is 0.783. The summed E-state index contributed by atoms with van der Waals surface area (Å²) >= 11 is 0. The van der Waals surface area contributed by atoms with Gasteiger partial charge in [0.15, 0.2) is 0 Å². The molecule has 2 N–H and O–H groups in total. The Bertz CT molecular complexity index is 514. The Labute approximate surface area is 94.9 Å². The SMILES string of the molecule is NCc1cccc(-n2ncc3c2CCC3)c1. The molecule has 2 aromatic rings. The molecule has 1 heterocycles. The van der Waals surface area contributed by atoms with E-state index >= 15 is 0 Å². The van der Waals surface area contributed by atoms with E-state index in [-0.39, 0.29) is 0 Å². The van der Waals surface area contributed by atoms with Gasteiger partial charge < -0.3 is 5.73 Å². The zero-order valence-corrected chi connectivity index (χ0v) is 9.19. The van der Waals surface area contributed by atoms with E-state index < -0.39 is 0 Å². The Hall–Kier alpha value is -1.61. The Morgan fingerprint density at radius 3 is 3.12 bits per heavy atom. The molecule has 0 unspecified atom stereocenters. The van der Waals surface area contributed by atoms with E-state index in [2.05, 4.69) is 21.9 Å². The molecule has 0 saturated carbocycles. The van der Waals surface area contributed by atoms with Gasteiger partial charge in [-0.1, -0.05) is 12.1 Å². The van der Waals surface area contributed by atoms with Gasteiger partial charge in [0.05, 0.1) is 11.9 Å². The van der Waals surface area contributed by atoms with Crippen molar-refractivity contribution in [2.24, 2.45) is 5.73 Å². The van der Waals surface area contributed by atoms with E-state index in [1.165, 1.54) is 24.1 Å². The number of fused-ring (bicyclic) bond motifs is 1. The van der Waals surface area contributed by atoms with Gasteiger partial charge in [-0.3, -0.25) is 0 Å². The second-order valence-corrected chi connectivity index (χ2v) is 4.26. The van der Waals surface area contributed by atoms with Gasteiger partial charge in [-0.05, 0) is 42.5 Å². The molecular weight excluding hydrogens is 198 g/mol. The maximum atomic E-state index is 5.66. The van der Waals surface area contributed by atoms with Crippen molar-refractivity contribution in [3.63, 3.8) is 0 Å². The van der Waals surface area contributed by atoms with Gasteiger partial charge in [0.1, 0.15) is 0 Å². The number of aryl methyl sites for hydroxylation is 1. The zero-order valence-electron chi connectivity index (χ0n) is 9.19. The predicted octanol–water partition coefficient (Wildman–Crippen LogP) is 1.82. The third-order valence-corrected chi connectivity index (χ3v) is 3.21. The third kappa shape index (κ3) is 1.44. The summed E-state index contributed by atoms with van der Waals surface area (Å²) < 4.78 is 2.06. The monoisotopic (exact) mass is 213 g/mol. The van der Waals surface area contributed by atoms with Crippen LogP contribution in [0.15, 0.2) is 30.5 Å². The molecule has 3 heteroatoms. The van der Waals surface area contributed by atoms with Gasteiger partial charge in [-0.15, -0.1) is 0 Å². The predicted molar refractivity (Wildman–Crippen MR) is 63.5 cm³/mol. The summed E-state index contributed by atoms with van der Waals surface area (Å²) in [6.45, 7) is 0.581. The molecule has 3 nitrogen and oxygen atoms in total. The molecule has 0 saturated heterocycles. The van der Waals surface area contributed by atoms with Crippen molar-refractivity contribution in [2.75, 3.05) is 0 Å². The standard InChI is InChI=1S/C13H15N3/c14-8-10-3-1-5-12(7-10)16-13-6-2-4-11(13)9-15-16/h1,3,5,7,9H,2,4,6,8,14H2. The molecule has 1 aromatic heterocycles. The highest BCUT2D eigenvalue weighted by molar-refractivity contribution is 5.39. The first-order valence-corrected chi connectivity index (χ1v) is 5.73. The number of hydrogen-bond donors (Lipinski definition) is 1. The minimum Gasteiger partial charge on any atom is -0.326 e. The van der Waals surface area contributed by atoms with Crippen molar-refractivity contribution in [3.8, 4) is 5.69 Å². The molecule has 0 atom stereocenters. The molecule has 0 fully saturated rings. The van der Waals surface area contributed by atoms with Gasteiger partial charge in [0, 0.05) is 12.2 Å². The largest absolute Gasteiger partial charge is 0.326 e. The summed E-state index contributed by atoms with van der Waals surface area (Å²) in [5, 5.41) is 4.46. The molecule has 1 aliphatic carbocycles. The molecule has 82 valence electrons. The maximum absolute atomic E-state index is 5.66. The molecule has 0 aliphatic heterocycles. The first-order valence-electron chi connectivity index (χ1n) is 5.73. The highest BCUT2D eigenvalue weighted by Crippen LogP contribution is 2.24. The molecule has 3 rings (SSSR count). The van der Waals surface area contributed by atoms with Crippen molar-refractivity contribution in [2.45, 2.75) is 25.8 Å². The van der Waals surface area contributed by atoms with Crippen LogP contribution in [0.2, 0.25) is 0 Å². The second kappa shape index (κ2) is 3.76. The van der Waals surface area contributed by atoms with Crippen LogP contribution in [0.25, 0.3) is 5.69 Å². The molecule has 16 heavy (non-hydrogen) atoms. The van der Waals surface area contributed by atoms with E-state index in [0.717, 1.165) is 17.7 Å². The lowest BCUT2D eigenvalue weighted by atomic mass is 10.2. The highest BCUT2D eigenvalue weighted by atomic mass is 15.3. The molecule has 0 radical (unpaired) electrons. The summed E-state index contributed by atoms with van der Waals surface area (Å²) in [5.41, 5.74) is 10.7. The van der Waals surface area contributed by atoms with Crippen LogP contribution in [0.1, 0.15) is 23.2 Å². The minimum atomic E-state index is 0.581. The molecular formula is C13H15N3. The first kappa shape index (κ1) is 9.60. The van der Waals surface area contributed by atoms with Gasteiger partial charge in [-0.2, -0.15) is 5.10 Å². The van der Waals surface area contributed by atoms with Crippen LogP contribution in [0, 0.1) is 0 Å². The number of nitrogens with zero attached hydrogens (tertiary/aromatic N) is 2. The normalized spacial score (nSPS) is 14.1. The minimum absolute atomic E-state index is 0.581. The lowest BCUT2D eigenvalue weighted by Crippen LogP contribution is -2.03. The van der Waals surface area contributed by atoms with Crippen LogP contribution in [0.4, 0.5) is 0 Å². The molecule has 0 spiro atoms. The van der Waals surface area contributed by atoms with E-state index in [1.807, 2.05) is 18.3 Å². The summed E-state index contributed by atoms with van der Waals surface area (Å²) in [6.07, 6.45) is 5.56. The maximum Gasteiger partial charge on any atom is 0.0652 e. The van der Waals surface area contributed by atoms with E-state index in [1.54, 1.807) is 0 Å². The van der Waals surface area contributed by atoms with Crippen LogP contribution in [-0.4, -0.2) is 9.78 Å². The number of hydrogen-bond acceptors (Lipinski definition) is 2. The van der Waals surface area contributed by atoms with Crippen LogP contribution >= 0.6 is 0 Å². The number of aromatic nitrogens is 2. The Balaban J connectivity index is 2.08. The van der Waals surface area contributed by atoms with Gasteiger partial charge in [-0.25, -0.2) is 4.68 Å². The van der Waals surface area contributed by atoms with Crippen molar-refractivity contribution < 1.29 is 0 Å². The summed E-state index contributed by atoms with van der Waals surface area (Å²) in [4.78, 5) is 0. The summed E-state index contributed by atoms with van der Waals surface area (Å²) in [6, 6.07) is 8.30. The van der Waals surface area contributed by atoms with Crippen molar-refractivity contribution in [1.29, 1.82) is 0 Å². The number of nitrogens with two attached hydrogens (primary N) is 1. The van der Waals surface area contributed by atoms with Crippen LogP contribution in [0.5, 0.6) is 0 Å². The first-order chi connectivity index (χ1) is 7.88. The van der Waals surface area contributed by atoms with Crippen LogP contribution in [-0.2, 0) is 19.4 Å². The number of rotatable bonds is 2. The average Bonchev–Trinajstić information content (AvgIpc) is 2.90. The fourth-order valence-corrected chi connectivity index (χ4v) is 2.37. The van der Waals surface area contributed by atoms with E-state index in [4.69, 9.17) is 5.73 Å². The molecule has 1 aliphatic rings. The highest BCUT2D eigenvalue weighted by Gasteiger charge is 2.17. The summed E-state index contributed by atoms with van der Waals surface area (Å²) in [7, 11) is 0. The van der Waals surface area contributed by atoms with Crippen LogP contribution < -0.4 is 5.73 Å². The number of benzene rings is 1. The Kier molecular flexibility index (Phi) is 2.26. The third-order valence-electron chi connectivity index (χ3n) is 3.21. The van der Waals surface area contributed by atoms with Crippen molar-refractivity contribution in [1.82, 2.24) is 9.78 Å². The van der Waals surface area contributed by atoms with Crippen molar-refractivity contribution >= 4 is 0 Å². The molecule has 0 amide bonds. The van der Waals surface area contributed by atoms with Gasteiger partial charge >= 0.3 is 0 Å².